The number of aliphatic hydroxyl groups is 1. The first kappa shape index (κ1) is 16.9. The number of hydrogen-bond acceptors (Lipinski definition) is 6. The minimum absolute atomic E-state index is 0.00899. The van der Waals surface area contributed by atoms with Crippen LogP contribution in [0.5, 0.6) is 0 Å². The maximum absolute atomic E-state index is 12.3. The van der Waals surface area contributed by atoms with Crippen molar-refractivity contribution in [1.82, 2.24) is 4.90 Å². The molecule has 0 aliphatic rings. The molecule has 1 amide bonds. The first-order valence-corrected chi connectivity index (χ1v) is 6.63. The van der Waals surface area contributed by atoms with Crippen LogP contribution in [0.25, 0.3) is 0 Å². The number of nitrogens with zero attached hydrogens (tertiary/aromatic N) is 2. The number of carbonyl (C=O) groups excluding carboxylic acids is 1. The number of nitro groups is 1. The molecule has 8 nitrogen and oxygen atoms in total. The molecule has 21 heavy (non-hydrogen) atoms. The largest absolute Gasteiger partial charge is 0.396 e. The molecular formula is C13H20N4O4. The molecule has 0 unspecified atom stereocenters. The van der Waals surface area contributed by atoms with Crippen molar-refractivity contribution >= 4 is 17.3 Å². The summed E-state index contributed by atoms with van der Waals surface area (Å²) in [5, 5.41) is 19.6. The summed E-state index contributed by atoms with van der Waals surface area (Å²) in [6.07, 6.45) is 2.25. The highest BCUT2D eigenvalue weighted by atomic mass is 16.6. The number of hydrogen-bond donors (Lipinski definition) is 3. The first-order chi connectivity index (χ1) is 10.0. The SMILES string of the molecule is CN(CCCCCO)C(=O)c1cccc([N+](=O)[O-])c1NN. The smallest absolute Gasteiger partial charge is 0.294 e. The fourth-order valence-corrected chi connectivity index (χ4v) is 1.97. The zero-order valence-electron chi connectivity index (χ0n) is 11.9. The normalized spacial score (nSPS) is 10.2. The lowest BCUT2D eigenvalue weighted by Crippen LogP contribution is -2.29. The summed E-state index contributed by atoms with van der Waals surface area (Å²) >= 11 is 0. The highest BCUT2D eigenvalue weighted by Crippen LogP contribution is 2.28. The summed E-state index contributed by atoms with van der Waals surface area (Å²) < 4.78 is 0. The number of carbonyl (C=O) groups is 1. The standard InChI is InChI=1S/C13H20N4O4/c1-16(8-3-2-4-9-18)13(19)10-6-5-7-11(17(20)21)12(10)15-14/h5-7,15,18H,2-4,8-9,14H2,1H3. The van der Waals surface area contributed by atoms with Crippen molar-refractivity contribution in [3.8, 4) is 0 Å². The van der Waals surface area contributed by atoms with Crippen LogP contribution in [-0.2, 0) is 0 Å². The van der Waals surface area contributed by atoms with E-state index in [9.17, 15) is 14.9 Å². The number of nitrogen functional groups attached to an aromatic ring is 1. The van der Waals surface area contributed by atoms with E-state index in [-0.39, 0.29) is 29.5 Å². The summed E-state index contributed by atoms with van der Waals surface area (Å²) in [6.45, 7) is 0.634. The molecule has 0 radical (unpaired) electrons. The summed E-state index contributed by atoms with van der Waals surface area (Å²) in [5.41, 5.74) is 2.17. The number of benzene rings is 1. The highest BCUT2D eigenvalue weighted by molar-refractivity contribution is 6.01. The van der Waals surface area contributed by atoms with Crippen molar-refractivity contribution in [2.75, 3.05) is 25.6 Å². The average molecular weight is 296 g/mol. The van der Waals surface area contributed by atoms with Gasteiger partial charge in [-0.05, 0) is 25.3 Å². The molecule has 1 rings (SSSR count). The fourth-order valence-electron chi connectivity index (χ4n) is 1.97. The second kappa shape index (κ2) is 8.18. The van der Waals surface area contributed by atoms with Gasteiger partial charge in [0.05, 0.1) is 10.5 Å². The Hall–Kier alpha value is -2.19. The Labute approximate surface area is 122 Å². The van der Waals surface area contributed by atoms with E-state index in [4.69, 9.17) is 10.9 Å². The third kappa shape index (κ3) is 4.40. The zero-order valence-corrected chi connectivity index (χ0v) is 11.9. The quantitative estimate of drug-likeness (QED) is 0.286. The lowest BCUT2D eigenvalue weighted by Gasteiger charge is -2.18. The molecule has 0 bridgehead atoms. The van der Waals surface area contributed by atoms with Crippen molar-refractivity contribution in [2.24, 2.45) is 5.84 Å². The van der Waals surface area contributed by atoms with E-state index in [2.05, 4.69) is 5.43 Å². The minimum Gasteiger partial charge on any atom is -0.396 e. The van der Waals surface area contributed by atoms with E-state index < -0.39 is 4.92 Å². The topological polar surface area (TPSA) is 122 Å². The Balaban J connectivity index is 2.86. The number of rotatable bonds is 8. The number of nitro benzene ring substituents is 1. The number of aliphatic hydroxyl groups excluding tert-OH is 1. The van der Waals surface area contributed by atoms with Gasteiger partial charge in [-0.2, -0.15) is 0 Å². The molecule has 0 saturated carbocycles. The van der Waals surface area contributed by atoms with Gasteiger partial charge < -0.3 is 15.4 Å². The minimum atomic E-state index is -0.590. The number of para-hydroxylation sites is 1. The van der Waals surface area contributed by atoms with Gasteiger partial charge in [-0.1, -0.05) is 6.07 Å². The van der Waals surface area contributed by atoms with E-state index in [1.165, 1.54) is 23.1 Å². The number of amides is 1. The number of unbranched alkanes of at least 4 members (excludes halogenated alkanes) is 2. The monoisotopic (exact) mass is 296 g/mol. The molecule has 8 heteroatoms. The molecule has 0 spiro atoms. The Bertz CT molecular complexity index is 507. The second-order valence-corrected chi connectivity index (χ2v) is 4.61. The summed E-state index contributed by atoms with van der Waals surface area (Å²) in [6, 6.07) is 4.23. The van der Waals surface area contributed by atoms with Gasteiger partial charge in [0, 0.05) is 26.3 Å². The van der Waals surface area contributed by atoms with E-state index >= 15 is 0 Å². The average Bonchev–Trinajstić information content (AvgIpc) is 2.49. The van der Waals surface area contributed by atoms with Crippen molar-refractivity contribution in [3.05, 3.63) is 33.9 Å². The van der Waals surface area contributed by atoms with Crippen LogP contribution in [0.2, 0.25) is 0 Å². The molecule has 0 atom stereocenters. The number of nitrogens with one attached hydrogen (secondary N) is 1. The molecule has 1 aromatic rings. The Morgan fingerprint density at radius 1 is 1.43 bits per heavy atom. The maximum atomic E-state index is 12.3. The van der Waals surface area contributed by atoms with Crippen molar-refractivity contribution in [1.29, 1.82) is 0 Å². The number of nitrogens with two attached hydrogens (primary N) is 1. The molecule has 1 aromatic carbocycles. The van der Waals surface area contributed by atoms with E-state index in [0.29, 0.717) is 13.0 Å². The molecule has 0 aliphatic carbocycles. The van der Waals surface area contributed by atoms with E-state index in [1.807, 2.05) is 0 Å². The number of anilines is 1. The predicted octanol–water partition coefficient (Wildman–Crippen LogP) is 1.11. The predicted molar refractivity (Wildman–Crippen MR) is 78.8 cm³/mol. The summed E-state index contributed by atoms with van der Waals surface area (Å²) in [5.74, 6) is 4.98. The molecular weight excluding hydrogens is 276 g/mol. The van der Waals surface area contributed by atoms with Gasteiger partial charge in [0.1, 0.15) is 5.69 Å². The Kier molecular flexibility index (Phi) is 6.57. The molecule has 0 heterocycles. The van der Waals surface area contributed by atoms with Gasteiger partial charge in [-0.15, -0.1) is 0 Å². The Morgan fingerprint density at radius 2 is 2.14 bits per heavy atom. The maximum Gasteiger partial charge on any atom is 0.294 e. The molecule has 0 aliphatic heterocycles. The van der Waals surface area contributed by atoms with Gasteiger partial charge in [0.25, 0.3) is 11.6 Å². The van der Waals surface area contributed by atoms with E-state index in [0.717, 1.165) is 12.8 Å². The highest BCUT2D eigenvalue weighted by Gasteiger charge is 2.22. The van der Waals surface area contributed by atoms with Crippen molar-refractivity contribution < 1.29 is 14.8 Å². The summed E-state index contributed by atoms with van der Waals surface area (Å²) in [4.78, 5) is 24.1. The van der Waals surface area contributed by atoms with Gasteiger partial charge in [0.2, 0.25) is 0 Å². The lowest BCUT2D eigenvalue weighted by atomic mass is 10.1. The van der Waals surface area contributed by atoms with E-state index in [1.54, 1.807) is 7.05 Å². The van der Waals surface area contributed by atoms with Crippen LogP contribution in [-0.4, -0.2) is 41.0 Å². The third-order valence-electron chi connectivity index (χ3n) is 3.11. The van der Waals surface area contributed by atoms with Gasteiger partial charge >= 0.3 is 0 Å². The van der Waals surface area contributed by atoms with Crippen LogP contribution < -0.4 is 11.3 Å². The van der Waals surface area contributed by atoms with Crippen LogP contribution in [0.15, 0.2) is 18.2 Å². The molecule has 0 saturated heterocycles. The molecule has 116 valence electrons. The molecule has 0 fully saturated rings. The lowest BCUT2D eigenvalue weighted by molar-refractivity contribution is -0.384. The fraction of sp³-hybridized carbons (Fsp3) is 0.462. The van der Waals surface area contributed by atoms with Crippen LogP contribution in [0.1, 0.15) is 29.6 Å². The van der Waals surface area contributed by atoms with Crippen LogP contribution >= 0.6 is 0 Å². The van der Waals surface area contributed by atoms with Gasteiger partial charge in [-0.3, -0.25) is 20.8 Å². The second-order valence-electron chi connectivity index (χ2n) is 4.61. The van der Waals surface area contributed by atoms with Crippen LogP contribution in [0.4, 0.5) is 11.4 Å². The van der Waals surface area contributed by atoms with Crippen molar-refractivity contribution in [3.63, 3.8) is 0 Å². The van der Waals surface area contributed by atoms with Gasteiger partial charge in [-0.25, -0.2) is 0 Å². The number of hydrazine groups is 1. The molecule has 0 aromatic heterocycles. The van der Waals surface area contributed by atoms with Crippen molar-refractivity contribution in [2.45, 2.75) is 19.3 Å². The Morgan fingerprint density at radius 3 is 2.71 bits per heavy atom. The zero-order chi connectivity index (χ0) is 15.8. The van der Waals surface area contributed by atoms with Crippen LogP contribution in [0.3, 0.4) is 0 Å². The third-order valence-corrected chi connectivity index (χ3v) is 3.11. The molecule has 4 N–H and O–H groups in total. The summed E-state index contributed by atoms with van der Waals surface area (Å²) in [7, 11) is 1.63. The van der Waals surface area contributed by atoms with Crippen LogP contribution in [0, 0.1) is 10.1 Å². The van der Waals surface area contributed by atoms with Gasteiger partial charge in [0.15, 0.2) is 0 Å². The first-order valence-electron chi connectivity index (χ1n) is 6.63.